The van der Waals surface area contributed by atoms with Crippen LogP contribution in [0, 0.1) is 0 Å². The fourth-order valence-corrected chi connectivity index (χ4v) is 4.94. The van der Waals surface area contributed by atoms with Crippen molar-refractivity contribution in [1.82, 2.24) is 19.9 Å². The Balaban J connectivity index is 1.10. The van der Waals surface area contributed by atoms with Crippen LogP contribution >= 0.6 is 0 Å². The molecule has 1 aliphatic heterocycles. The Bertz CT molecular complexity index is 1710. The van der Waals surface area contributed by atoms with Gasteiger partial charge in [0.25, 0.3) is 5.91 Å². The van der Waals surface area contributed by atoms with Crippen molar-refractivity contribution in [2.75, 3.05) is 51.9 Å². The molecule has 1 amide bonds. The number of carbonyl (C=O) groups is 1. The van der Waals surface area contributed by atoms with Gasteiger partial charge in [0.05, 0.1) is 44.3 Å². The second kappa shape index (κ2) is 13.9. The molecule has 0 radical (unpaired) electrons. The van der Waals surface area contributed by atoms with Crippen molar-refractivity contribution < 1.29 is 23.7 Å². The highest BCUT2D eigenvalue weighted by molar-refractivity contribution is 6.02. The zero-order valence-corrected chi connectivity index (χ0v) is 24.4. The van der Waals surface area contributed by atoms with Gasteiger partial charge in [-0.1, -0.05) is 36.4 Å². The number of rotatable bonds is 11. The van der Waals surface area contributed by atoms with Crippen molar-refractivity contribution in [3.05, 3.63) is 97.0 Å². The van der Waals surface area contributed by atoms with E-state index in [4.69, 9.17) is 18.9 Å². The van der Waals surface area contributed by atoms with Gasteiger partial charge in [-0.25, -0.2) is 9.97 Å². The lowest BCUT2D eigenvalue weighted by molar-refractivity contribution is 0.0357. The summed E-state index contributed by atoms with van der Waals surface area (Å²) in [5.74, 6) is 2.36. The van der Waals surface area contributed by atoms with Crippen molar-refractivity contribution in [3.8, 4) is 34.3 Å². The van der Waals surface area contributed by atoms with E-state index < -0.39 is 0 Å². The number of methoxy groups -OCH3 is 1. The fourth-order valence-electron chi connectivity index (χ4n) is 4.94. The molecule has 1 saturated heterocycles. The summed E-state index contributed by atoms with van der Waals surface area (Å²) in [6.07, 6.45) is 4.14. The number of pyridine rings is 3. The number of morpholine rings is 1. The van der Waals surface area contributed by atoms with E-state index in [1.807, 2.05) is 54.6 Å². The number of benzene rings is 2. The molecule has 10 heteroatoms. The van der Waals surface area contributed by atoms with Gasteiger partial charge in [0.2, 0.25) is 0 Å². The molecule has 1 N–H and O–H groups in total. The van der Waals surface area contributed by atoms with E-state index in [1.165, 1.54) is 0 Å². The first-order valence-electron chi connectivity index (χ1n) is 14.5. The maximum absolute atomic E-state index is 12.9. The Morgan fingerprint density at radius 2 is 1.80 bits per heavy atom. The van der Waals surface area contributed by atoms with E-state index in [9.17, 15) is 4.79 Å². The van der Waals surface area contributed by atoms with E-state index in [-0.39, 0.29) is 5.91 Å². The smallest absolute Gasteiger partial charge is 0.275 e. The standard InChI is InChI=1S/C34H33N5O5/c1-41-31-21-26-29(22-32(31)43-18-6-15-39-16-19-42-20-17-39)35-14-13-30(26)44-25-11-12-33(36-23-25)38-34(40)28-10-5-9-27(37-28)24-7-3-2-4-8-24/h2-5,7-14,21-23H,6,15-20H2,1H3,(H,36,38,40). The average Bonchev–Trinajstić information content (AvgIpc) is 3.08. The zero-order chi connectivity index (χ0) is 30.1. The highest BCUT2D eigenvalue weighted by Gasteiger charge is 2.15. The zero-order valence-electron chi connectivity index (χ0n) is 24.4. The van der Waals surface area contributed by atoms with Crippen LogP contribution in [0.4, 0.5) is 5.82 Å². The lowest BCUT2D eigenvalue weighted by atomic mass is 10.1. The van der Waals surface area contributed by atoms with Gasteiger partial charge in [0.1, 0.15) is 23.0 Å². The highest BCUT2D eigenvalue weighted by Crippen LogP contribution is 2.37. The van der Waals surface area contributed by atoms with Gasteiger partial charge in [0.15, 0.2) is 11.5 Å². The van der Waals surface area contributed by atoms with Crippen LogP contribution in [0.2, 0.25) is 0 Å². The second-order valence-corrected chi connectivity index (χ2v) is 10.2. The van der Waals surface area contributed by atoms with Gasteiger partial charge >= 0.3 is 0 Å². The molecule has 0 bridgehead atoms. The minimum atomic E-state index is -0.352. The van der Waals surface area contributed by atoms with Gasteiger partial charge in [0, 0.05) is 42.8 Å². The summed E-state index contributed by atoms with van der Waals surface area (Å²) in [6, 6.07) is 24.0. The van der Waals surface area contributed by atoms with Gasteiger partial charge in [-0.2, -0.15) is 0 Å². The third kappa shape index (κ3) is 7.11. The fraction of sp³-hybridized carbons (Fsp3) is 0.235. The minimum Gasteiger partial charge on any atom is -0.493 e. The maximum atomic E-state index is 12.9. The van der Waals surface area contributed by atoms with Crippen LogP contribution in [0.1, 0.15) is 16.9 Å². The maximum Gasteiger partial charge on any atom is 0.275 e. The molecule has 10 nitrogen and oxygen atoms in total. The molecule has 0 saturated carbocycles. The molecule has 4 heterocycles. The molecule has 224 valence electrons. The van der Waals surface area contributed by atoms with Gasteiger partial charge < -0.3 is 24.3 Å². The largest absolute Gasteiger partial charge is 0.493 e. The first-order valence-corrected chi connectivity index (χ1v) is 14.5. The van der Waals surface area contributed by atoms with Crippen LogP contribution < -0.4 is 19.5 Å². The number of fused-ring (bicyclic) bond motifs is 1. The summed E-state index contributed by atoms with van der Waals surface area (Å²) in [5, 5.41) is 3.57. The summed E-state index contributed by atoms with van der Waals surface area (Å²) in [5.41, 5.74) is 2.67. The normalized spacial score (nSPS) is 13.4. The van der Waals surface area contributed by atoms with E-state index >= 15 is 0 Å². The van der Waals surface area contributed by atoms with Crippen LogP contribution in [0.25, 0.3) is 22.2 Å². The number of aromatic nitrogens is 3. The molecule has 0 atom stereocenters. The number of carbonyl (C=O) groups excluding carboxylic acids is 1. The molecule has 44 heavy (non-hydrogen) atoms. The molecule has 5 aromatic rings. The van der Waals surface area contributed by atoms with Crippen LogP contribution in [-0.4, -0.2) is 72.3 Å². The summed E-state index contributed by atoms with van der Waals surface area (Å²) >= 11 is 0. The third-order valence-electron chi connectivity index (χ3n) is 7.22. The van der Waals surface area contributed by atoms with Crippen LogP contribution in [0.5, 0.6) is 23.0 Å². The lowest BCUT2D eigenvalue weighted by Crippen LogP contribution is -2.37. The predicted octanol–water partition coefficient (Wildman–Crippen LogP) is 5.85. The van der Waals surface area contributed by atoms with Gasteiger partial charge in [-0.3, -0.25) is 14.7 Å². The summed E-state index contributed by atoms with van der Waals surface area (Å²) in [7, 11) is 1.61. The Hall–Kier alpha value is -5.06. The number of hydrogen-bond donors (Lipinski definition) is 1. The van der Waals surface area contributed by atoms with Gasteiger partial charge in [-0.05, 0) is 42.8 Å². The molecule has 0 spiro atoms. The molecular weight excluding hydrogens is 558 g/mol. The first kappa shape index (κ1) is 29.0. The monoisotopic (exact) mass is 591 g/mol. The SMILES string of the molecule is COc1cc2c(Oc3ccc(NC(=O)c4cccc(-c5ccccc5)n4)nc3)ccnc2cc1OCCCN1CCOCC1. The number of nitrogens with zero attached hydrogens (tertiary/aromatic N) is 4. The Kier molecular flexibility index (Phi) is 9.20. The molecule has 1 aliphatic rings. The topological polar surface area (TPSA) is 108 Å². The van der Waals surface area contributed by atoms with Crippen LogP contribution in [0.3, 0.4) is 0 Å². The lowest BCUT2D eigenvalue weighted by Gasteiger charge is -2.26. The summed E-state index contributed by atoms with van der Waals surface area (Å²) < 4.78 is 23.3. The van der Waals surface area contributed by atoms with Crippen LogP contribution in [-0.2, 0) is 4.74 Å². The second-order valence-electron chi connectivity index (χ2n) is 10.2. The molecule has 6 rings (SSSR count). The van der Waals surface area contributed by atoms with E-state index in [1.54, 1.807) is 43.8 Å². The van der Waals surface area contributed by atoms with Crippen LogP contribution in [0.15, 0.2) is 91.3 Å². The number of anilines is 1. The number of amides is 1. The first-order chi connectivity index (χ1) is 21.7. The molecule has 0 unspecified atom stereocenters. The Morgan fingerprint density at radius 3 is 2.59 bits per heavy atom. The Labute approximate surface area is 255 Å². The third-order valence-corrected chi connectivity index (χ3v) is 7.22. The quantitative estimate of drug-likeness (QED) is 0.189. The van der Waals surface area contributed by atoms with Crippen molar-refractivity contribution in [3.63, 3.8) is 0 Å². The van der Waals surface area contributed by atoms with E-state index in [2.05, 4.69) is 25.2 Å². The van der Waals surface area contributed by atoms with E-state index in [0.717, 1.165) is 55.9 Å². The summed E-state index contributed by atoms with van der Waals surface area (Å²) in [6.45, 7) is 5.02. The number of ether oxygens (including phenoxy) is 4. The van der Waals surface area contributed by atoms with Crippen molar-refractivity contribution in [2.24, 2.45) is 0 Å². The van der Waals surface area contributed by atoms with Gasteiger partial charge in [-0.15, -0.1) is 0 Å². The van der Waals surface area contributed by atoms with E-state index in [0.29, 0.717) is 46.6 Å². The number of nitrogens with one attached hydrogen (secondary N) is 1. The van der Waals surface area contributed by atoms with Crippen molar-refractivity contribution >= 4 is 22.6 Å². The molecule has 2 aromatic carbocycles. The average molecular weight is 592 g/mol. The molecule has 1 fully saturated rings. The van der Waals surface area contributed by atoms with Crippen molar-refractivity contribution in [2.45, 2.75) is 6.42 Å². The molecule has 3 aromatic heterocycles. The predicted molar refractivity (Wildman–Crippen MR) is 168 cm³/mol. The molecule has 0 aliphatic carbocycles. The summed E-state index contributed by atoms with van der Waals surface area (Å²) in [4.78, 5) is 28.7. The Morgan fingerprint density at radius 1 is 0.932 bits per heavy atom. The number of hydrogen-bond acceptors (Lipinski definition) is 9. The van der Waals surface area contributed by atoms with Crippen molar-refractivity contribution in [1.29, 1.82) is 0 Å². The highest BCUT2D eigenvalue weighted by atomic mass is 16.5. The molecular formula is C34H33N5O5. The minimum absolute atomic E-state index is 0.297.